The van der Waals surface area contributed by atoms with Crippen molar-refractivity contribution >= 4 is 23.5 Å². The molecule has 0 aliphatic heterocycles. The van der Waals surface area contributed by atoms with Gasteiger partial charge in [0.05, 0.1) is 11.3 Å². The Hall–Kier alpha value is -3.75. The molecule has 0 saturated heterocycles. The summed E-state index contributed by atoms with van der Waals surface area (Å²) in [4.78, 5) is 46.9. The van der Waals surface area contributed by atoms with Crippen molar-refractivity contribution in [1.82, 2.24) is 10.6 Å². The van der Waals surface area contributed by atoms with Gasteiger partial charge in [-0.1, -0.05) is 30.3 Å². The van der Waals surface area contributed by atoms with Crippen LogP contribution in [0.15, 0.2) is 54.6 Å². The molecule has 1 aliphatic rings. The molecule has 1 atom stereocenters. The van der Waals surface area contributed by atoms with Crippen molar-refractivity contribution in [2.45, 2.75) is 31.4 Å². The first-order valence-electron chi connectivity index (χ1n) is 9.51. The number of nitro benzene ring substituents is 1. The second-order valence-electron chi connectivity index (χ2n) is 6.87. The molecule has 0 radical (unpaired) electrons. The van der Waals surface area contributed by atoms with Crippen LogP contribution >= 0.6 is 0 Å². The van der Waals surface area contributed by atoms with Gasteiger partial charge in [-0.25, -0.2) is 0 Å². The third-order valence-corrected chi connectivity index (χ3v) is 4.47. The van der Waals surface area contributed by atoms with E-state index in [1.807, 2.05) is 0 Å². The first kappa shape index (κ1) is 21.0. The number of rotatable bonds is 9. The third kappa shape index (κ3) is 5.87. The summed E-state index contributed by atoms with van der Waals surface area (Å²) in [6.45, 7) is 0.000405. The number of hydrogen-bond acceptors (Lipinski definition) is 6. The Morgan fingerprint density at radius 3 is 2.33 bits per heavy atom. The number of non-ortho nitro benzene ring substituents is 1. The second-order valence-corrected chi connectivity index (χ2v) is 6.87. The topological polar surface area (TPSA) is 128 Å². The summed E-state index contributed by atoms with van der Waals surface area (Å²) in [6.07, 6.45) is 0.648. The van der Waals surface area contributed by atoms with Gasteiger partial charge in [0, 0.05) is 35.8 Å². The minimum Gasteiger partial charge on any atom is -0.447 e. The van der Waals surface area contributed by atoms with Crippen LogP contribution in [0.4, 0.5) is 5.69 Å². The number of esters is 1. The minimum atomic E-state index is -1.05. The lowest BCUT2D eigenvalue weighted by molar-refractivity contribution is -0.384. The summed E-state index contributed by atoms with van der Waals surface area (Å²) in [5.41, 5.74) is 0.686. The smallest absolute Gasteiger partial charge is 0.308 e. The van der Waals surface area contributed by atoms with Gasteiger partial charge in [0.1, 0.15) is 0 Å². The molecule has 9 nitrogen and oxygen atoms in total. The Bertz CT molecular complexity index is 926. The monoisotopic (exact) mass is 411 g/mol. The van der Waals surface area contributed by atoms with Crippen LogP contribution in [-0.2, 0) is 14.3 Å². The van der Waals surface area contributed by atoms with Gasteiger partial charge in [0.25, 0.3) is 17.5 Å². The normalized spacial score (nSPS) is 13.7. The van der Waals surface area contributed by atoms with Crippen LogP contribution in [0.2, 0.25) is 0 Å². The summed E-state index contributed by atoms with van der Waals surface area (Å²) in [6, 6.07) is 14.0. The van der Waals surface area contributed by atoms with E-state index in [1.165, 1.54) is 24.3 Å². The Morgan fingerprint density at radius 1 is 1.07 bits per heavy atom. The number of amides is 2. The molecule has 0 heterocycles. The average molecular weight is 411 g/mol. The molecule has 0 bridgehead atoms. The molecular formula is C21H21N3O6. The molecule has 3 rings (SSSR count). The van der Waals surface area contributed by atoms with Crippen LogP contribution in [0, 0.1) is 10.1 Å². The summed E-state index contributed by atoms with van der Waals surface area (Å²) in [5, 5.41) is 16.0. The molecule has 1 aliphatic carbocycles. The zero-order valence-corrected chi connectivity index (χ0v) is 16.1. The van der Waals surface area contributed by atoms with Crippen molar-refractivity contribution < 1.29 is 24.0 Å². The third-order valence-electron chi connectivity index (χ3n) is 4.47. The number of nitrogens with one attached hydrogen (secondary N) is 2. The second kappa shape index (κ2) is 9.64. The van der Waals surface area contributed by atoms with Crippen LogP contribution in [0.25, 0.3) is 0 Å². The molecule has 0 spiro atoms. The van der Waals surface area contributed by atoms with Crippen molar-refractivity contribution in [3.05, 3.63) is 75.8 Å². The number of ether oxygens (including phenoxy) is 1. The first-order valence-corrected chi connectivity index (χ1v) is 9.51. The van der Waals surface area contributed by atoms with Gasteiger partial charge in [-0.15, -0.1) is 0 Å². The predicted molar refractivity (Wildman–Crippen MR) is 106 cm³/mol. The van der Waals surface area contributed by atoms with Crippen molar-refractivity contribution in [3.63, 3.8) is 0 Å². The van der Waals surface area contributed by atoms with Crippen molar-refractivity contribution in [2.75, 3.05) is 6.54 Å². The lowest BCUT2D eigenvalue weighted by Crippen LogP contribution is -2.34. The highest BCUT2D eigenvalue weighted by Gasteiger charge is 2.30. The van der Waals surface area contributed by atoms with Gasteiger partial charge < -0.3 is 15.4 Å². The Balaban J connectivity index is 1.51. The number of benzene rings is 2. The minimum absolute atomic E-state index is 0.000405. The molecule has 30 heavy (non-hydrogen) atoms. The zero-order valence-electron chi connectivity index (χ0n) is 16.1. The maximum absolute atomic E-state index is 12.5. The molecule has 2 aromatic rings. The lowest BCUT2D eigenvalue weighted by atomic mass is 10.1. The number of nitro groups is 1. The van der Waals surface area contributed by atoms with Gasteiger partial charge >= 0.3 is 5.97 Å². The fraction of sp³-hybridized carbons (Fsp3) is 0.286. The van der Waals surface area contributed by atoms with Crippen LogP contribution in [0.3, 0.4) is 0 Å². The van der Waals surface area contributed by atoms with E-state index in [-0.39, 0.29) is 36.2 Å². The molecule has 0 aromatic heterocycles. The Kier molecular flexibility index (Phi) is 6.74. The maximum atomic E-state index is 12.5. The number of hydrogen-bond donors (Lipinski definition) is 2. The molecule has 0 unspecified atom stereocenters. The first-order chi connectivity index (χ1) is 14.4. The summed E-state index contributed by atoms with van der Waals surface area (Å²) < 4.78 is 5.38. The number of nitrogens with zero attached hydrogens (tertiary/aromatic N) is 1. The highest BCUT2D eigenvalue weighted by molar-refractivity contribution is 5.94. The van der Waals surface area contributed by atoms with Gasteiger partial charge in [0.15, 0.2) is 0 Å². The van der Waals surface area contributed by atoms with Gasteiger partial charge in [-0.3, -0.25) is 24.5 Å². The summed E-state index contributed by atoms with van der Waals surface area (Å²) in [7, 11) is 0. The van der Waals surface area contributed by atoms with Gasteiger partial charge in [0.2, 0.25) is 6.10 Å². The largest absolute Gasteiger partial charge is 0.447 e. The standard InChI is InChI=1S/C21H21N3O6/c25-18(12-13-22-20(26)15-6-10-17(11-7-15)24(28)29)30-19(14-4-2-1-3-5-14)21(27)23-16-8-9-16/h1-7,10-11,16,19H,8-9,12-13H2,(H,22,26)(H,23,27)/t19-/m1/s1. The van der Waals surface area contributed by atoms with Gasteiger partial charge in [-0.05, 0) is 25.0 Å². The van der Waals surface area contributed by atoms with Crippen LogP contribution in [-0.4, -0.2) is 35.3 Å². The molecule has 2 aromatic carbocycles. The molecule has 9 heteroatoms. The lowest BCUT2D eigenvalue weighted by Gasteiger charge is -2.18. The predicted octanol–water partition coefficient (Wildman–Crippen LogP) is 2.28. The van der Waals surface area contributed by atoms with E-state index in [9.17, 15) is 24.5 Å². The molecular weight excluding hydrogens is 390 g/mol. The van der Waals surface area contributed by atoms with E-state index >= 15 is 0 Å². The number of carbonyl (C=O) groups is 3. The van der Waals surface area contributed by atoms with Gasteiger partial charge in [-0.2, -0.15) is 0 Å². The summed E-state index contributed by atoms with van der Waals surface area (Å²) in [5.74, 6) is -1.46. The quantitative estimate of drug-likeness (QED) is 0.370. The zero-order chi connectivity index (χ0) is 21.5. The van der Waals surface area contributed by atoms with E-state index in [1.54, 1.807) is 30.3 Å². The Labute approximate surface area is 172 Å². The summed E-state index contributed by atoms with van der Waals surface area (Å²) >= 11 is 0. The van der Waals surface area contributed by atoms with E-state index in [2.05, 4.69) is 10.6 Å². The van der Waals surface area contributed by atoms with Crippen molar-refractivity contribution in [3.8, 4) is 0 Å². The average Bonchev–Trinajstić information content (AvgIpc) is 3.56. The molecule has 1 fully saturated rings. The maximum Gasteiger partial charge on any atom is 0.308 e. The molecule has 2 N–H and O–H groups in total. The molecule has 156 valence electrons. The molecule has 2 amide bonds. The fourth-order valence-electron chi connectivity index (χ4n) is 2.71. The number of carbonyl (C=O) groups excluding carboxylic acids is 3. The van der Waals surface area contributed by atoms with Crippen LogP contribution < -0.4 is 10.6 Å². The van der Waals surface area contributed by atoms with Crippen LogP contribution in [0.5, 0.6) is 0 Å². The SMILES string of the molecule is O=C(CCNC(=O)c1ccc([N+](=O)[O-])cc1)O[C@@H](C(=O)NC1CC1)c1ccccc1. The van der Waals surface area contributed by atoms with Crippen LogP contribution in [0.1, 0.15) is 41.3 Å². The van der Waals surface area contributed by atoms with Crippen molar-refractivity contribution in [2.24, 2.45) is 0 Å². The van der Waals surface area contributed by atoms with Crippen molar-refractivity contribution in [1.29, 1.82) is 0 Å². The highest BCUT2D eigenvalue weighted by Crippen LogP contribution is 2.23. The molecule has 1 saturated carbocycles. The highest BCUT2D eigenvalue weighted by atomic mass is 16.6. The van der Waals surface area contributed by atoms with E-state index in [0.717, 1.165) is 12.8 Å². The van der Waals surface area contributed by atoms with E-state index in [0.29, 0.717) is 5.56 Å². The Morgan fingerprint density at radius 2 is 1.73 bits per heavy atom. The fourth-order valence-corrected chi connectivity index (χ4v) is 2.71. The van der Waals surface area contributed by atoms with E-state index < -0.39 is 22.9 Å². The van der Waals surface area contributed by atoms with E-state index in [4.69, 9.17) is 4.74 Å².